The quantitative estimate of drug-likeness (QED) is 0.0131. The number of hydrogen-bond donors (Lipinski definition) is 7. The molecule has 398 valence electrons. The van der Waals surface area contributed by atoms with E-state index in [1.54, 1.807) is 6.08 Å². The predicted octanol–water partition coefficient (Wildman–Crippen LogP) is 11.0. The van der Waals surface area contributed by atoms with E-state index in [0.717, 1.165) is 57.8 Å². The summed E-state index contributed by atoms with van der Waals surface area (Å²) in [5.41, 5.74) is 0. The van der Waals surface area contributed by atoms with E-state index in [1.165, 1.54) is 141 Å². The molecule has 1 aliphatic heterocycles. The van der Waals surface area contributed by atoms with Gasteiger partial charge in [0.25, 0.3) is 0 Å². The zero-order valence-corrected chi connectivity index (χ0v) is 43.3. The van der Waals surface area contributed by atoms with Crippen LogP contribution in [0.2, 0.25) is 0 Å². The van der Waals surface area contributed by atoms with Gasteiger partial charge in [-0.25, -0.2) is 4.18 Å². The molecule has 8 atom stereocenters. The van der Waals surface area contributed by atoms with Crippen molar-refractivity contribution in [3.05, 3.63) is 48.6 Å². The number of aliphatic hydroxyl groups is 5. The lowest BCUT2D eigenvalue weighted by molar-refractivity contribution is -0.298. The van der Waals surface area contributed by atoms with Gasteiger partial charge in [-0.05, 0) is 57.8 Å². The third kappa shape index (κ3) is 35.2. The number of carbonyl (C=O) groups is 1. The Bertz CT molecular complexity index is 1410. The van der Waals surface area contributed by atoms with Crippen molar-refractivity contribution in [3.8, 4) is 0 Å². The monoisotopic (exact) mass is 986 g/mol. The molecular weight excluding hydrogens is 887 g/mol. The second-order valence-electron chi connectivity index (χ2n) is 19.0. The molecule has 0 saturated carbocycles. The number of ether oxygens (including phenoxy) is 2. The van der Waals surface area contributed by atoms with E-state index >= 15 is 0 Å². The SMILES string of the molecule is CCCCC/C=C\C=C/CCCCCCCCCCCC(O)C(=O)NC(COC1OC(CO)C(O)C(OS(=O)(=O)O)C1O)C(O)/C=C/CC/C=C/CCCCCCCCCCCCCCCCC. The molecule has 1 saturated heterocycles. The molecule has 7 N–H and O–H groups in total. The summed E-state index contributed by atoms with van der Waals surface area (Å²) < 4.78 is 47.7. The first kappa shape index (κ1) is 64.0. The minimum absolute atomic E-state index is 0.230. The standard InChI is InChI=1S/C54H99NO12S/c1-3-5-7-9-11-13-15-17-19-21-23-24-25-27-28-30-32-34-36-38-40-42-47(57)46(45-65-54-51(60)52(67-68(62,63)64)50(59)49(44-56)66-54)55-53(61)48(58)43-41-39-37-35-33-31-29-26-22-20-18-16-14-12-10-8-6-4-2/h12,14,16,18,32,34,40,42,46-52,54,56-60H,3-11,13,15,17,19-31,33,35-39,41,43-45H2,1-2H3,(H,55,61)(H,62,63,64)/b14-12-,18-16-,34-32+,42-40+. The second kappa shape index (κ2) is 43.8. The number of carbonyl (C=O) groups excluding carboxylic acids is 1. The van der Waals surface area contributed by atoms with Gasteiger partial charge in [0.05, 0.1) is 25.4 Å². The number of amides is 1. The minimum Gasteiger partial charge on any atom is -0.394 e. The lowest BCUT2D eigenvalue weighted by Crippen LogP contribution is -2.61. The molecule has 1 fully saturated rings. The maximum atomic E-state index is 13.2. The third-order valence-electron chi connectivity index (χ3n) is 12.7. The van der Waals surface area contributed by atoms with Crippen molar-refractivity contribution in [2.75, 3.05) is 13.2 Å². The third-order valence-corrected chi connectivity index (χ3v) is 13.2. The molecule has 0 bridgehead atoms. The summed E-state index contributed by atoms with van der Waals surface area (Å²) in [4.78, 5) is 13.2. The highest BCUT2D eigenvalue weighted by atomic mass is 32.3. The normalized spacial score (nSPS) is 20.6. The van der Waals surface area contributed by atoms with Gasteiger partial charge in [0.1, 0.15) is 30.5 Å². The van der Waals surface area contributed by atoms with E-state index in [2.05, 4.69) is 59.8 Å². The molecule has 1 amide bonds. The van der Waals surface area contributed by atoms with Crippen molar-refractivity contribution >= 4 is 16.3 Å². The Kier molecular flexibility index (Phi) is 41.2. The molecule has 13 nitrogen and oxygen atoms in total. The van der Waals surface area contributed by atoms with E-state index in [1.807, 2.05) is 0 Å². The summed E-state index contributed by atoms with van der Waals surface area (Å²) in [5, 5.41) is 55.4. The first-order valence-electron chi connectivity index (χ1n) is 27.1. The summed E-state index contributed by atoms with van der Waals surface area (Å²) in [6.07, 6.45) is 43.3. The Morgan fingerprint density at radius 2 is 1.03 bits per heavy atom. The van der Waals surface area contributed by atoms with Crippen LogP contribution in [-0.4, -0.2) is 107 Å². The Labute approximate surface area is 413 Å². The maximum absolute atomic E-state index is 13.2. The Morgan fingerprint density at radius 3 is 1.53 bits per heavy atom. The fourth-order valence-corrected chi connectivity index (χ4v) is 8.92. The molecule has 0 aromatic heterocycles. The number of aliphatic hydroxyl groups excluding tert-OH is 5. The van der Waals surface area contributed by atoms with Crippen LogP contribution in [-0.2, 0) is 28.9 Å². The van der Waals surface area contributed by atoms with Crippen LogP contribution in [0.25, 0.3) is 0 Å². The Balaban J connectivity index is 2.51. The molecule has 0 aliphatic carbocycles. The van der Waals surface area contributed by atoms with Gasteiger partial charge in [0, 0.05) is 0 Å². The first-order valence-corrected chi connectivity index (χ1v) is 28.5. The molecule has 0 aromatic rings. The van der Waals surface area contributed by atoms with Crippen LogP contribution in [0.15, 0.2) is 48.6 Å². The van der Waals surface area contributed by atoms with Crippen LogP contribution in [0.1, 0.15) is 226 Å². The highest BCUT2D eigenvalue weighted by Crippen LogP contribution is 2.26. The summed E-state index contributed by atoms with van der Waals surface area (Å²) in [7, 11) is -5.13. The van der Waals surface area contributed by atoms with Crippen molar-refractivity contribution in [2.24, 2.45) is 0 Å². The van der Waals surface area contributed by atoms with Gasteiger partial charge >= 0.3 is 10.4 Å². The minimum atomic E-state index is -5.13. The summed E-state index contributed by atoms with van der Waals surface area (Å²) in [6.45, 7) is 3.20. The molecule has 8 unspecified atom stereocenters. The zero-order valence-electron chi connectivity index (χ0n) is 42.5. The van der Waals surface area contributed by atoms with Gasteiger partial charge in [-0.2, -0.15) is 8.42 Å². The van der Waals surface area contributed by atoms with Gasteiger partial charge < -0.3 is 40.3 Å². The second-order valence-corrected chi connectivity index (χ2v) is 20.0. The molecule has 0 radical (unpaired) electrons. The summed E-state index contributed by atoms with van der Waals surface area (Å²) in [5.74, 6) is -0.716. The zero-order chi connectivity index (χ0) is 49.9. The lowest BCUT2D eigenvalue weighted by atomic mass is 9.99. The molecule has 0 spiro atoms. The summed E-state index contributed by atoms with van der Waals surface area (Å²) >= 11 is 0. The largest absolute Gasteiger partial charge is 0.397 e. The summed E-state index contributed by atoms with van der Waals surface area (Å²) in [6, 6.07) is -1.14. The van der Waals surface area contributed by atoms with E-state index in [0.29, 0.717) is 12.8 Å². The number of unbranched alkanes of at least 4 members (excludes halogenated alkanes) is 28. The first-order chi connectivity index (χ1) is 32.9. The molecule has 1 aliphatic rings. The van der Waals surface area contributed by atoms with Crippen LogP contribution in [0.5, 0.6) is 0 Å². The molecule has 68 heavy (non-hydrogen) atoms. The predicted molar refractivity (Wildman–Crippen MR) is 274 cm³/mol. The van der Waals surface area contributed by atoms with Crippen LogP contribution in [0.3, 0.4) is 0 Å². The number of nitrogens with one attached hydrogen (secondary N) is 1. The molecule has 1 rings (SSSR count). The number of allylic oxidation sites excluding steroid dienone is 7. The topological polar surface area (TPSA) is 212 Å². The molecule has 14 heteroatoms. The van der Waals surface area contributed by atoms with Crippen molar-refractivity contribution < 1.29 is 57.0 Å². The fourth-order valence-electron chi connectivity index (χ4n) is 8.41. The number of rotatable bonds is 46. The highest BCUT2D eigenvalue weighted by Gasteiger charge is 2.48. The Morgan fingerprint density at radius 1 is 0.603 bits per heavy atom. The molecular formula is C54H99NO12S. The maximum Gasteiger partial charge on any atom is 0.397 e. The van der Waals surface area contributed by atoms with Gasteiger partial charge in [-0.1, -0.05) is 217 Å². The van der Waals surface area contributed by atoms with Gasteiger partial charge in [0.15, 0.2) is 6.29 Å². The van der Waals surface area contributed by atoms with Crippen LogP contribution in [0, 0.1) is 0 Å². The van der Waals surface area contributed by atoms with Crippen LogP contribution in [0.4, 0.5) is 0 Å². The van der Waals surface area contributed by atoms with Crippen molar-refractivity contribution in [3.63, 3.8) is 0 Å². The smallest absolute Gasteiger partial charge is 0.394 e. The Hall–Kier alpha value is -1.98. The average molecular weight is 986 g/mol. The fraction of sp³-hybridized carbons (Fsp3) is 0.833. The van der Waals surface area contributed by atoms with Gasteiger partial charge in [0.2, 0.25) is 5.91 Å². The van der Waals surface area contributed by atoms with Crippen molar-refractivity contribution in [1.29, 1.82) is 0 Å². The van der Waals surface area contributed by atoms with Crippen LogP contribution < -0.4 is 5.32 Å². The van der Waals surface area contributed by atoms with E-state index in [9.17, 15) is 43.3 Å². The highest BCUT2D eigenvalue weighted by molar-refractivity contribution is 7.80. The molecule has 0 aromatic carbocycles. The lowest BCUT2D eigenvalue weighted by Gasteiger charge is -2.41. The molecule has 1 heterocycles. The van der Waals surface area contributed by atoms with Gasteiger partial charge in [-0.15, -0.1) is 0 Å². The van der Waals surface area contributed by atoms with Crippen molar-refractivity contribution in [1.82, 2.24) is 5.32 Å². The average Bonchev–Trinajstić information content (AvgIpc) is 3.31. The van der Waals surface area contributed by atoms with Crippen molar-refractivity contribution in [2.45, 2.75) is 275 Å². The van der Waals surface area contributed by atoms with E-state index in [4.69, 9.17) is 9.47 Å². The number of hydrogen-bond acceptors (Lipinski definition) is 11. The van der Waals surface area contributed by atoms with E-state index in [-0.39, 0.29) is 6.42 Å². The van der Waals surface area contributed by atoms with Gasteiger partial charge in [-0.3, -0.25) is 9.35 Å². The van der Waals surface area contributed by atoms with E-state index < -0.39 is 78.5 Å². The van der Waals surface area contributed by atoms with Crippen LogP contribution >= 0.6 is 0 Å².